The van der Waals surface area contributed by atoms with Gasteiger partial charge in [0.15, 0.2) is 27.0 Å². The summed E-state index contributed by atoms with van der Waals surface area (Å²) in [5.74, 6) is 1.60. The second-order valence-electron chi connectivity index (χ2n) is 8.70. The predicted molar refractivity (Wildman–Crippen MR) is 131 cm³/mol. The Bertz CT molecular complexity index is 1580. The number of hydrogen-bond donors (Lipinski definition) is 1. The van der Waals surface area contributed by atoms with Gasteiger partial charge in [0.25, 0.3) is 5.91 Å². The number of rotatable bonds is 4. The minimum absolute atomic E-state index is 0.0566. The topological polar surface area (TPSA) is 112 Å². The fourth-order valence-electron chi connectivity index (χ4n) is 4.73. The molecule has 2 aliphatic rings. The van der Waals surface area contributed by atoms with Crippen LogP contribution in [-0.4, -0.2) is 47.2 Å². The van der Waals surface area contributed by atoms with Crippen molar-refractivity contribution < 1.29 is 22.7 Å². The molecule has 2 aromatic carbocycles. The summed E-state index contributed by atoms with van der Waals surface area (Å²) in [6.07, 6.45) is 0.510. The minimum Gasteiger partial charge on any atom is -0.454 e. The van der Waals surface area contributed by atoms with E-state index in [0.717, 1.165) is 5.56 Å². The lowest BCUT2D eigenvalue weighted by atomic mass is 10.1. The van der Waals surface area contributed by atoms with Crippen LogP contribution in [0.2, 0.25) is 0 Å². The second-order valence-corrected chi connectivity index (χ2v) is 10.9. The van der Waals surface area contributed by atoms with Gasteiger partial charge in [0.1, 0.15) is 11.3 Å². The van der Waals surface area contributed by atoms with Gasteiger partial charge >= 0.3 is 0 Å². The maximum atomic E-state index is 13.5. The highest BCUT2D eigenvalue weighted by Gasteiger charge is 2.32. The molecule has 1 fully saturated rings. The molecule has 2 aromatic heterocycles. The van der Waals surface area contributed by atoms with E-state index in [-0.39, 0.29) is 30.0 Å². The monoisotopic (exact) mass is 490 g/mol. The zero-order valence-corrected chi connectivity index (χ0v) is 19.7. The number of sulfone groups is 1. The number of nitrogens with zero attached hydrogens (tertiary/aromatic N) is 3. The van der Waals surface area contributed by atoms with Gasteiger partial charge in [0.2, 0.25) is 6.79 Å². The van der Waals surface area contributed by atoms with Crippen molar-refractivity contribution in [3.8, 4) is 22.8 Å². The molecule has 1 unspecified atom stereocenters. The standard InChI is InChI=1S/C25H22N4O5S/c1-15-26-23-20(29(15)18-9-10-35(31,32)13-18)12-19(16-5-3-2-4-6-16)28-24(23)25(30)27-17-7-8-21-22(11-17)34-14-33-21/h2-8,11-12,18H,9-10,13-14H2,1H3,(H,27,30). The van der Waals surface area contributed by atoms with Gasteiger partial charge in [-0.25, -0.2) is 18.4 Å². The molecule has 1 atom stereocenters. The maximum Gasteiger partial charge on any atom is 0.276 e. The number of carbonyl (C=O) groups is 1. The number of carbonyl (C=O) groups excluding carboxylic acids is 1. The van der Waals surface area contributed by atoms with Crippen molar-refractivity contribution in [1.29, 1.82) is 0 Å². The van der Waals surface area contributed by atoms with E-state index in [2.05, 4.69) is 15.3 Å². The van der Waals surface area contributed by atoms with Crippen LogP contribution in [0.25, 0.3) is 22.3 Å². The van der Waals surface area contributed by atoms with E-state index in [1.54, 1.807) is 18.2 Å². The van der Waals surface area contributed by atoms with Crippen molar-refractivity contribution in [2.24, 2.45) is 0 Å². The first-order valence-electron chi connectivity index (χ1n) is 11.2. The lowest BCUT2D eigenvalue weighted by molar-refractivity contribution is 0.102. The second kappa shape index (κ2) is 8.09. The fourth-order valence-corrected chi connectivity index (χ4v) is 6.43. The van der Waals surface area contributed by atoms with Gasteiger partial charge in [-0.15, -0.1) is 0 Å². The molecule has 0 radical (unpaired) electrons. The molecule has 0 saturated carbocycles. The molecule has 0 spiro atoms. The molecule has 4 heterocycles. The molecule has 2 aliphatic heterocycles. The lowest BCUT2D eigenvalue weighted by Crippen LogP contribution is -2.15. The molecule has 6 rings (SSSR count). The van der Waals surface area contributed by atoms with E-state index in [4.69, 9.17) is 9.47 Å². The molecule has 0 bridgehead atoms. The van der Waals surface area contributed by atoms with Gasteiger partial charge < -0.3 is 19.4 Å². The Labute approximate surface area is 201 Å². The molecule has 1 amide bonds. The molecular weight excluding hydrogens is 468 g/mol. The van der Waals surface area contributed by atoms with Crippen LogP contribution in [0.3, 0.4) is 0 Å². The summed E-state index contributed by atoms with van der Waals surface area (Å²) >= 11 is 0. The number of hydrogen-bond acceptors (Lipinski definition) is 7. The summed E-state index contributed by atoms with van der Waals surface area (Å²) in [6, 6.07) is 16.4. The Hall–Kier alpha value is -3.92. The summed E-state index contributed by atoms with van der Waals surface area (Å²) in [4.78, 5) is 22.8. The average molecular weight is 491 g/mol. The molecule has 0 aliphatic carbocycles. The summed E-state index contributed by atoms with van der Waals surface area (Å²) < 4.78 is 37.1. The van der Waals surface area contributed by atoms with Gasteiger partial charge in [-0.05, 0) is 31.5 Å². The Morgan fingerprint density at radius 3 is 2.63 bits per heavy atom. The summed E-state index contributed by atoms with van der Waals surface area (Å²) in [5.41, 5.74) is 3.28. The number of nitrogens with one attached hydrogen (secondary N) is 1. The van der Waals surface area contributed by atoms with Crippen molar-refractivity contribution >= 4 is 32.5 Å². The largest absolute Gasteiger partial charge is 0.454 e. The Morgan fingerprint density at radius 1 is 1.06 bits per heavy atom. The van der Waals surface area contributed by atoms with Crippen molar-refractivity contribution in [3.63, 3.8) is 0 Å². The first-order chi connectivity index (χ1) is 16.9. The van der Waals surface area contributed by atoms with Crippen LogP contribution in [-0.2, 0) is 9.84 Å². The first kappa shape index (κ1) is 21.6. The third-order valence-corrected chi connectivity index (χ3v) is 8.09. The number of ether oxygens (including phenoxy) is 2. The van der Waals surface area contributed by atoms with Crippen molar-refractivity contribution in [2.45, 2.75) is 19.4 Å². The number of fused-ring (bicyclic) bond motifs is 2. The van der Waals surface area contributed by atoms with Gasteiger partial charge in [0, 0.05) is 17.3 Å². The van der Waals surface area contributed by atoms with Gasteiger partial charge in [-0.2, -0.15) is 0 Å². The molecule has 178 valence electrons. The first-order valence-corrected chi connectivity index (χ1v) is 13.1. The normalized spacial score (nSPS) is 18.1. The van der Waals surface area contributed by atoms with Crippen molar-refractivity contribution in [2.75, 3.05) is 23.6 Å². The number of aryl methyl sites for hydroxylation is 1. The Morgan fingerprint density at radius 2 is 1.86 bits per heavy atom. The van der Waals surface area contributed by atoms with Crippen LogP contribution in [0.1, 0.15) is 28.8 Å². The fraction of sp³-hybridized carbons (Fsp3) is 0.240. The maximum absolute atomic E-state index is 13.5. The Balaban J connectivity index is 1.47. The lowest BCUT2D eigenvalue weighted by Gasteiger charge is -2.15. The molecule has 9 nitrogen and oxygen atoms in total. The summed E-state index contributed by atoms with van der Waals surface area (Å²) in [7, 11) is -3.11. The highest BCUT2D eigenvalue weighted by Crippen LogP contribution is 2.35. The van der Waals surface area contributed by atoms with Crippen LogP contribution in [0.5, 0.6) is 11.5 Å². The minimum atomic E-state index is -3.11. The number of amides is 1. The number of pyridine rings is 1. The zero-order valence-electron chi connectivity index (χ0n) is 18.9. The van der Waals surface area contributed by atoms with Crippen molar-refractivity contribution in [1.82, 2.24) is 14.5 Å². The third kappa shape index (κ3) is 3.89. The number of benzene rings is 2. The van der Waals surface area contributed by atoms with Crippen LogP contribution in [0, 0.1) is 6.92 Å². The molecule has 35 heavy (non-hydrogen) atoms. The van der Waals surface area contributed by atoms with Gasteiger partial charge in [-0.3, -0.25) is 4.79 Å². The van der Waals surface area contributed by atoms with E-state index < -0.39 is 15.7 Å². The molecule has 1 saturated heterocycles. The molecular formula is C25H22N4O5S. The number of aromatic nitrogens is 3. The SMILES string of the molecule is Cc1nc2c(C(=O)Nc3ccc4c(c3)OCO4)nc(-c3ccccc3)cc2n1C1CCS(=O)(=O)C1. The third-order valence-electron chi connectivity index (χ3n) is 6.34. The van der Waals surface area contributed by atoms with E-state index in [1.165, 1.54) is 0 Å². The zero-order chi connectivity index (χ0) is 24.2. The van der Waals surface area contributed by atoms with E-state index >= 15 is 0 Å². The van der Waals surface area contributed by atoms with E-state index in [1.807, 2.05) is 47.9 Å². The van der Waals surface area contributed by atoms with Crippen LogP contribution >= 0.6 is 0 Å². The molecule has 10 heteroatoms. The Kier molecular flexibility index (Phi) is 4.99. The highest BCUT2D eigenvalue weighted by molar-refractivity contribution is 7.91. The smallest absolute Gasteiger partial charge is 0.276 e. The van der Waals surface area contributed by atoms with Crippen LogP contribution in [0.4, 0.5) is 5.69 Å². The quantitative estimate of drug-likeness (QED) is 0.464. The summed E-state index contributed by atoms with van der Waals surface area (Å²) in [5, 5.41) is 2.89. The molecule has 1 N–H and O–H groups in total. The average Bonchev–Trinajstić information content (AvgIpc) is 3.54. The number of anilines is 1. The predicted octanol–water partition coefficient (Wildman–Crippen LogP) is 3.75. The molecule has 4 aromatic rings. The van der Waals surface area contributed by atoms with Crippen LogP contribution in [0.15, 0.2) is 54.6 Å². The van der Waals surface area contributed by atoms with E-state index in [9.17, 15) is 13.2 Å². The number of imidazole rings is 1. The van der Waals surface area contributed by atoms with Gasteiger partial charge in [-0.1, -0.05) is 30.3 Å². The van der Waals surface area contributed by atoms with Crippen molar-refractivity contribution in [3.05, 3.63) is 66.1 Å². The summed E-state index contributed by atoms with van der Waals surface area (Å²) in [6.45, 7) is 1.97. The highest BCUT2D eigenvalue weighted by atomic mass is 32.2. The van der Waals surface area contributed by atoms with E-state index in [0.29, 0.717) is 46.2 Å². The van der Waals surface area contributed by atoms with Gasteiger partial charge in [0.05, 0.1) is 28.8 Å². The van der Waals surface area contributed by atoms with Crippen LogP contribution < -0.4 is 14.8 Å².